The summed E-state index contributed by atoms with van der Waals surface area (Å²) in [7, 11) is 2.84. The van der Waals surface area contributed by atoms with Gasteiger partial charge in [0.2, 0.25) is 5.91 Å². The molecule has 0 saturated carbocycles. The molecule has 3 heteroatoms. The van der Waals surface area contributed by atoms with Gasteiger partial charge in [-0.05, 0) is 6.42 Å². The van der Waals surface area contributed by atoms with Crippen molar-refractivity contribution in [2.75, 3.05) is 20.7 Å². The molecule has 0 aromatic heterocycles. The molecule has 74 valence electrons. The number of hydrogen-bond donors (Lipinski definition) is 1. The van der Waals surface area contributed by atoms with Crippen LogP contribution in [0.2, 0.25) is 0 Å². The summed E-state index contributed by atoms with van der Waals surface area (Å²) in [6.45, 7) is 5.21. The maximum atomic E-state index is 10.5. The van der Waals surface area contributed by atoms with Crippen molar-refractivity contribution in [2.45, 2.75) is 33.1 Å². The number of likely N-dealkylation sites (tertiary alicyclic amines) is 1. The number of amides is 1. The fraction of sp³-hybridized carbons (Fsp3) is 0.889. The van der Waals surface area contributed by atoms with Crippen molar-refractivity contribution in [1.82, 2.24) is 4.90 Å². The number of aliphatic hydroxyl groups excluding tert-OH is 1. The zero-order valence-corrected chi connectivity index (χ0v) is 8.63. The van der Waals surface area contributed by atoms with Gasteiger partial charge in [-0.3, -0.25) is 4.79 Å². The summed E-state index contributed by atoms with van der Waals surface area (Å²) in [6.07, 6.45) is 3.06. The Morgan fingerprint density at radius 3 is 1.92 bits per heavy atom. The molecule has 0 spiro atoms. The van der Waals surface area contributed by atoms with Crippen molar-refractivity contribution in [3.63, 3.8) is 0 Å². The first kappa shape index (κ1) is 14.0. The molecular weight excluding hydrogens is 154 g/mol. The predicted octanol–water partition coefficient (Wildman–Crippen LogP) is 1.26. The number of carbonyl (C=O) groups excluding carboxylic acids is 1. The number of nitrogens with zero attached hydrogens (tertiary/aromatic N) is 1. The van der Waals surface area contributed by atoms with E-state index in [1.165, 1.54) is 6.42 Å². The topological polar surface area (TPSA) is 40.5 Å². The minimum Gasteiger partial charge on any atom is -0.400 e. The third kappa shape index (κ3) is 7.54. The molecule has 1 heterocycles. The van der Waals surface area contributed by atoms with Crippen LogP contribution in [0.3, 0.4) is 0 Å². The van der Waals surface area contributed by atoms with Gasteiger partial charge in [0.25, 0.3) is 0 Å². The first-order valence-corrected chi connectivity index (χ1v) is 4.41. The van der Waals surface area contributed by atoms with Gasteiger partial charge in [-0.25, -0.2) is 0 Å². The molecular formula is C9H21NO2. The highest BCUT2D eigenvalue weighted by Crippen LogP contribution is 2.04. The van der Waals surface area contributed by atoms with Gasteiger partial charge in [-0.1, -0.05) is 20.3 Å². The molecule has 0 aliphatic carbocycles. The van der Waals surface area contributed by atoms with Crippen LogP contribution in [0.1, 0.15) is 33.1 Å². The van der Waals surface area contributed by atoms with Crippen LogP contribution in [0, 0.1) is 0 Å². The van der Waals surface area contributed by atoms with E-state index in [-0.39, 0.29) is 0 Å². The van der Waals surface area contributed by atoms with Crippen LogP contribution in [0.25, 0.3) is 0 Å². The molecule has 1 aliphatic rings. The van der Waals surface area contributed by atoms with Gasteiger partial charge < -0.3 is 10.0 Å². The SMILES string of the molecule is CCC.CN1CCCC1=O.CO. The third-order valence-corrected chi connectivity index (χ3v) is 1.31. The molecule has 0 bridgehead atoms. The highest BCUT2D eigenvalue weighted by molar-refractivity contribution is 5.77. The molecule has 0 aromatic rings. The molecule has 0 aromatic carbocycles. The largest absolute Gasteiger partial charge is 0.400 e. The summed E-state index contributed by atoms with van der Waals surface area (Å²) >= 11 is 0. The minimum absolute atomic E-state index is 0.292. The van der Waals surface area contributed by atoms with E-state index in [1.54, 1.807) is 4.90 Å². The molecule has 1 aliphatic heterocycles. The van der Waals surface area contributed by atoms with Gasteiger partial charge in [0.05, 0.1) is 0 Å². The zero-order chi connectivity index (χ0) is 9.98. The van der Waals surface area contributed by atoms with E-state index in [0.717, 1.165) is 26.5 Å². The Morgan fingerprint density at radius 2 is 1.83 bits per heavy atom. The van der Waals surface area contributed by atoms with Crippen molar-refractivity contribution in [3.05, 3.63) is 0 Å². The van der Waals surface area contributed by atoms with Crippen LogP contribution in [-0.4, -0.2) is 36.6 Å². The Morgan fingerprint density at radius 1 is 1.42 bits per heavy atom. The number of aliphatic hydroxyl groups is 1. The normalized spacial score (nSPS) is 14.4. The smallest absolute Gasteiger partial charge is 0.222 e. The van der Waals surface area contributed by atoms with E-state index < -0.39 is 0 Å². The van der Waals surface area contributed by atoms with Crippen molar-refractivity contribution in [3.8, 4) is 0 Å². The molecule has 0 atom stereocenters. The maximum Gasteiger partial charge on any atom is 0.222 e. The Bertz CT molecular complexity index is 105. The van der Waals surface area contributed by atoms with E-state index in [4.69, 9.17) is 5.11 Å². The zero-order valence-electron chi connectivity index (χ0n) is 8.63. The average Bonchev–Trinajstić information content (AvgIpc) is 2.42. The lowest BCUT2D eigenvalue weighted by molar-refractivity contribution is -0.126. The van der Waals surface area contributed by atoms with Crippen molar-refractivity contribution in [2.24, 2.45) is 0 Å². The lowest BCUT2D eigenvalue weighted by Gasteiger charge is -2.03. The number of rotatable bonds is 0. The van der Waals surface area contributed by atoms with Gasteiger partial charge in [-0.2, -0.15) is 0 Å². The standard InChI is InChI=1S/C5H9NO.C3H8.CH4O/c1-6-4-2-3-5(6)7;1-3-2;1-2/h2-4H2,1H3;3H2,1-2H3;2H,1H3. The highest BCUT2D eigenvalue weighted by atomic mass is 16.2. The summed E-state index contributed by atoms with van der Waals surface area (Å²) in [5.74, 6) is 0.292. The lowest BCUT2D eigenvalue weighted by atomic mass is 10.4. The van der Waals surface area contributed by atoms with Crippen LogP contribution < -0.4 is 0 Å². The predicted molar refractivity (Wildman–Crippen MR) is 51.0 cm³/mol. The average molecular weight is 175 g/mol. The van der Waals surface area contributed by atoms with Gasteiger partial charge in [0.1, 0.15) is 0 Å². The van der Waals surface area contributed by atoms with Crippen LogP contribution in [0.15, 0.2) is 0 Å². The van der Waals surface area contributed by atoms with Crippen molar-refractivity contribution >= 4 is 5.91 Å². The quantitative estimate of drug-likeness (QED) is 0.602. The molecule has 1 saturated heterocycles. The Balaban J connectivity index is 0. The Hall–Kier alpha value is -0.570. The van der Waals surface area contributed by atoms with Crippen LogP contribution in [0.5, 0.6) is 0 Å². The maximum absolute atomic E-state index is 10.5. The summed E-state index contributed by atoms with van der Waals surface area (Å²) in [4.78, 5) is 12.3. The molecule has 1 rings (SSSR count). The Labute approximate surface area is 75.4 Å². The fourth-order valence-corrected chi connectivity index (χ4v) is 0.783. The molecule has 1 amide bonds. The van der Waals surface area contributed by atoms with Crippen LogP contribution in [0.4, 0.5) is 0 Å². The second-order valence-electron chi connectivity index (χ2n) is 2.63. The van der Waals surface area contributed by atoms with E-state index in [2.05, 4.69) is 13.8 Å². The first-order chi connectivity index (χ1) is 5.72. The second-order valence-corrected chi connectivity index (χ2v) is 2.63. The molecule has 3 nitrogen and oxygen atoms in total. The van der Waals surface area contributed by atoms with Gasteiger partial charge >= 0.3 is 0 Å². The van der Waals surface area contributed by atoms with E-state index in [0.29, 0.717) is 5.91 Å². The van der Waals surface area contributed by atoms with Crippen molar-refractivity contribution < 1.29 is 9.90 Å². The summed E-state index contributed by atoms with van der Waals surface area (Å²) in [5.41, 5.74) is 0. The summed E-state index contributed by atoms with van der Waals surface area (Å²) in [5, 5.41) is 7.00. The molecule has 1 fully saturated rings. The third-order valence-electron chi connectivity index (χ3n) is 1.31. The van der Waals surface area contributed by atoms with E-state index >= 15 is 0 Å². The van der Waals surface area contributed by atoms with Crippen LogP contribution in [-0.2, 0) is 4.79 Å². The molecule has 1 N–H and O–H groups in total. The van der Waals surface area contributed by atoms with Crippen LogP contribution >= 0.6 is 0 Å². The molecule has 12 heavy (non-hydrogen) atoms. The second kappa shape index (κ2) is 10.4. The van der Waals surface area contributed by atoms with Crippen molar-refractivity contribution in [1.29, 1.82) is 0 Å². The summed E-state index contributed by atoms with van der Waals surface area (Å²) < 4.78 is 0. The molecule has 0 radical (unpaired) electrons. The number of carbonyl (C=O) groups is 1. The fourth-order valence-electron chi connectivity index (χ4n) is 0.783. The monoisotopic (exact) mass is 175 g/mol. The molecule has 0 unspecified atom stereocenters. The Kier molecular flexibility index (Phi) is 12.2. The van der Waals surface area contributed by atoms with Gasteiger partial charge in [-0.15, -0.1) is 0 Å². The first-order valence-electron chi connectivity index (χ1n) is 4.41. The highest BCUT2D eigenvalue weighted by Gasteiger charge is 2.14. The lowest BCUT2D eigenvalue weighted by Crippen LogP contribution is -2.17. The van der Waals surface area contributed by atoms with E-state index in [1.807, 2.05) is 7.05 Å². The summed E-state index contributed by atoms with van der Waals surface area (Å²) in [6, 6.07) is 0. The van der Waals surface area contributed by atoms with Gasteiger partial charge in [0.15, 0.2) is 0 Å². The minimum atomic E-state index is 0.292. The van der Waals surface area contributed by atoms with Gasteiger partial charge in [0, 0.05) is 27.1 Å². The number of hydrogen-bond acceptors (Lipinski definition) is 2. The van der Waals surface area contributed by atoms with E-state index in [9.17, 15) is 4.79 Å².